The van der Waals surface area contributed by atoms with Crippen LogP contribution in [0.15, 0.2) is 59.8 Å². The van der Waals surface area contributed by atoms with Gasteiger partial charge in [0.1, 0.15) is 16.1 Å². The molecular weight excluding hydrogens is 375 g/mol. The number of rotatable bonds is 3. The van der Waals surface area contributed by atoms with Gasteiger partial charge in [-0.3, -0.25) is 0 Å². The molecule has 0 saturated heterocycles. The third-order valence-electron chi connectivity index (χ3n) is 3.45. The van der Waals surface area contributed by atoms with Gasteiger partial charge >= 0.3 is 6.18 Å². The lowest BCUT2D eigenvalue weighted by atomic mass is 9.90. The van der Waals surface area contributed by atoms with Crippen molar-refractivity contribution in [2.75, 3.05) is 0 Å². The molecule has 1 aliphatic heterocycles. The van der Waals surface area contributed by atoms with Crippen molar-refractivity contribution in [2.24, 2.45) is 5.16 Å². The van der Waals surface area contributed by atoms with Gasteiger partial charge in [-0.05, 0) is 40.2 Å². The summed E-state index contributed by atoms with van der Waals surface area (Å²) in [4.78, 5) is 4.74. The Bertz CT molecular complexity index is 716. The molecule has 0 N–H and O–H groups in total. The first-order valence-corrected chi connectivity index (χ1v) is 7.51. The molecule has 2 aromatic carbocycles. The fourth-order valence-electron chi connectivity index (χ4n) is 2.28. The Morgan fingerprint density at radius 2 is 1.61 bits per heavy atom. The van der Waals surface area contributed by atoms with Crippen LogP contribution in [0, 0.1) is 0 Å². The summed E-state index contributed by atoms with van der Waals surface area (Å²) in [6.45, 7) is 0. The molecule has 0 spiro atoms. The Labute approximate surface area is 138 Å². The maximum Gasteiger partial charge on any atom is 0.435 e. The van der Waals surface area contributed by atoms with Gasteiger partial charge in [-0.2, -0.15) is 13.2 Å². The topological polar surface area (TPSA) is 30.8 Å². The summed E-state index contributed by atoms with van der Waals surface area (Å²) in [6, 6.07) is 14.6. The van der Waals surface area contributed by atoms with Crippen LogP contribution in [0.4, 0.5) is 13.2 Å². The van der Waals surface area contributed by atoms with Crippen LogP contribution < -0.4 is 4.74 Å². The quantitative estimate of drug-likeness (QED) is 0.711. The van der Waals surface area contributed by atoms with Crippen LogP contribution in [0.1, 0.15) is 12.0 Å². The van der Waals surface area contributed by atoms with Gasteiger partial charge in [0, 0.05) is 5.56 Å². The number of benzene rings is 2. The first-order chi connectivity index (χ1) is 10.9. The van der Waals surface area contributed by atoms with Gasteiger partial charge in [-0.1, -0.05) is 35.5 Å². The third-order valence-corrected chi connectivity index (χ3v) is 3.88. The molecule has 0 aliphatic carbocycles. The lowest BCUT2D eigenvalue weighted by Gasteiger charge is -2.29. The summed E-state index contributed by atoms with van der Waals surface area (Å²) in [5.41, 5.74) is -2.49. The first kappa shape index (κ1) is 15.9. The van der Waals surface area contributed by atoms with Gasteiger partial charge in [0.25, 0.3) is 5.60 Å². The van der Waals surface area contributed by atoms with Gasteiger partial charge in [-0.25, -0.2) is 0 Å². The molecule has 0 radical (unpaired) electrons. The van der Waals surface area contributed by atoms with Crippen LogP contribution in [-0.2, 0) is 10.4 Å². The number of halogens is 4. The molecule has 3 nitrogen and oxygen atoms in total. The second kappa shape index (κ2) is 5.88. The summed E-state index contributed by atoms with van der Waals surface area (Å²) in [5, 5.41) is 3.40. The minimum absolute atomic E-state index is 0.0244. The zero-order valence-electron chi connectivity index (χ0n) is 11.7. The molecular formula is C16H11BrF3NO2. The fourth-order valence-corrected chi connectivity index (χ4v) is 2.75. The average Bonchev–Trinajstić information content (AvgIpc) is 2.92. The smallest absolute Gasteiger partial charge is 0.435 e. The molecule has 1 heterocycles. The van der Waals surface area contributed by atoms with Crippen LogP contribution in [0.25, 0.3) is 0 Å². The Morgan fingerprint density at radius 1 is 1.00 bits per heavy atom. The Kier molecular flexibility index (Phi) is 4.06. The lowest BCUT2D eigenvalue weighted by Crippen LogP contribution is -2.42. The van der Waals surface area contributed by atoms with E-state index in [-0.39, 0.29) is 10.2 Å². The number of ether oxygens (including phenoxy) is 1. The molecule has 0 aromatic heterocycles. The monoisotopic (exact) mass is 385 g/mol. The Hall–Kier alpha value is -2.02. The van der Waals surface area contributed by atoms with Crippen LogP contribution in [0.5, 0.6) is 11.5 Å². The number of alkyl halides is 3. The van der Waals surface area contributed by atoms with Gasteiger partial charge < -0.3 is 9.57 Å². The number of para-hydroxylation sites is 1. The zero-order chi connectivity index (χ0) is 16.5. The van der Waals surface area contributed by atoms with Crippen molar-refractivity contribution in [3.05, 3.63) is 60.2 Å². The minimum Gasteiger partial charge on any atom is -0.457 e. The normalized spacial score (nSPS) is 20.8. The molecule has 0 bridgehead atoms. The first-order valence-electron chi connectivity index (χ1n) is 6.71. The summed E-state index contributed by atoms with van der Waals surface area (Å²) in [5.74, 6) is 1.05. The lowest BCUT2D eigenvalue weighted by molar-refractivity contribution is -0.275. The van der Waals surface area contributed by atoms with Crippen molar-refractivity contribution in [3.8, 4) is 11.5 Å². The van der Waals surface area contributed by atoms with Crippen LogP contribution in [0.2, 0.25) is 0 Å². The van der Waals surface area contributed by atoms with Crippen LogP contribution >= 0.6 is 15.9 Å². The van der Waals surface area contributed by atoms with E-state index < -0.39 is 18.2 Å². The standard InChI is InChI=1S/C16H11BrF3NO2/c17-14-10-15(23-21-14,16(18,19)20)11-6-8-13(9-7-11)22-12-4-2-1-3-5-12/h1-9H,10H2/t15-/m1/s1. The maximum atomic E-state index is 13.5. The highest BCUT2D eigenvalue weighted by Crippen LogP contribution is 2.48. The predicted octanol–water partition coefficient (Wildman–Crippen LogP) is 5.37. The maximum absolute atomic E-state index is 13.5. The highest BCUT2D eigenvalue weighted by molar-refractivity contribution is 9.18. The van der Waals surface area contributed by atoms with Crippen molar-refractivity contribution >= 4 is 20.6 Å². The van der Waals surface area contributed by atoms with Gasteiger partial charge in [0.05, 0.1) is 6.42 Å². The van der Waals surface area contributed by atoms with Gasteiger partial charge in [0.15, 0.2) is 0 Å². The second-order valence-corrected chi connectivity index (χ2v) is 5.92. The van der Waals surface area contributed by atoms with E-state index >= 15 is 0 Å². The summed E-state index contributed by atoms with van der Waals surface area (Å²) >= 11 is 2.96. The molecule has 120 valence electrons. The van der Waals surface area contributed by atoms with Crippen molar-refractivity contribution in [2.45, 2.75) is 18.2 Å². The second-order valence-electron chi connectivity index (χ2n) is 5.00. The predicted molar refractivity (Wildman–Crippen MR) is 82.8 cm³/mol. The molecule has 7 heteroatoms. The molecule has 3 rings (SSSR count). The van der Waals surface area contributed by atoms with E-state index in [9.17, 15) is 13.2 Å². The van der Waals surface area contributed by atoms with Crippen molar-refractivity contribution in [1.82, 2.24) is 0 Å². The molecule has 0 fully saturated rings. The average molecular weight is 386 g/mol. The summed E-state index contributed by atoms with van der Waals surface area (Å²) < 4.78 is 46.1. The molecule has 23 heavy (non-hydrogen) atoms. The van der Waals surface area contributed by atoms with E-state index in [0.29, 0.717) is 11.5 Å². The van der Waals surface area contributed by atoms with E-state index in [0.717, 1.165) is 0 Å². The Balaban J connectivity index is 1.86. The van der Waals surface area contributed by atoms with Crippen LogP contribution in [0.3, 0.4) is 0 Å². The van der Waals surface area contributed by atoms with Gasteiger partial charge in [-0.15, -0.1) is 0 Å². The number of oxime groups is 1. The molecule has 1 atom stereocenters. The molecule has 1 aliphatic rings. The molecule has 0 saturated carbocycles. The van der Waals surface area contributed by atoms with E-state index in [1.54, 1.807) is 12.1 Å². The van der Waals surface area contributed by atoms with E-state index in [2.05, 4.69) is 21.1 Å². The van der Waals surface area contributed by atoms with Gasteiger partial charge in [0.2, 0.25) is 0 Å². The zero-order valence-corrected chi connectivity index (χ0v) is 13.3. The minimum atomic E-state index is -4.59. The van der Waals surface area contributed by atoms with Crippen LogP contribution in [-0.4, -0.2) is 10.8 Å². The van der Waals surface area contributed by atoms with Crippen molar-refractivity contribution < 1.29 is 22.7 Å². The highest BCUT2D eigenvalue weighted by atomic mass is 79.9. The number of hydrogen-bond acceptors (Lipinski definition) is 3. The van der Waals surface area contributed by atoms with E-state index in [1.165, 1.54) is 24.3 Å². The molecule has 0 amide bonds. The Morgan fingerprint density at radius 3 is 2.13 bits per heavy atom. The SMILES string of the molecule is FC(F)(F)[C@]1(c2ccc(Oc3ccccc3)cc2)CC(Br)=NO1. The van der Waals surface area contributed by atoms with E-state index in [4.69, 9.17) is 9.57 Å². The van der Waals surface area contributed by atoms with E-state index in [1.807, 2.05) is 18.2 Å². The largest absolute Gasteiger partial charge is 0.457 e. The number of nitrogens with zero attached hydrogens (tertiary/aromatic N) is 1. The fraction of sp³-hybridized carbons (Fsp3) is 0.188. The van der Waals surface area contributed by atoms with Crippen molar-refractivity contribution in [1.29, 1.82) is 0 Å². The summed E-state index contributed by atoms with van der Waals surface area (Å²) in [6.07, 6.45) is -4.98. The highest BCUT2D eigenvalue weighted by Gasteiger charge is 2.62. The molecule has 2 aromatic rings. The number of hydrogen-bond donors (Lipinski definition) is 0. The summed E-state index contributed by atoms with van der Waals surface area (Å²) in [7, 11) is 0. The van der Waals surface area contributed by atoms with Crippen molar-refractivity contribution in [3.63, 3.8) is 0 Å². The third kappa shape index (κ3) is 3.06. The molecule has 0 unspecified atom stereocenters.